The number of amides is 1. The molecule has 2 heterocycles. The lowest BCUT2D eigenvalue weighted by Gasteiger charge is -2.27. The van der Waals surface area contributed by atoms with Crippen LogP contribution >= 0.6 is 15.9 Å². The van der Waals surface area contributed by atoms with E-state index in [9.17, 15) is 9.18 Å². The third-order valence-corrected chi connectivity index (χ3v) is 5.24. The molecule has 0 unspecified atom stereocenters. The lowest BCUT2D eigenvalue weighted by molar-refractivity contribution is 0.0727. The lowest BCUT2D eigenvalue weighted by atomic mass is 10.2. The van der Waals surface area contributed by atoms with Gasteiger partial charge in [-0.15, -0.1) is 0 Å². The first kappa shape index (κ1) is 17.7. The number of hydrogen-bond donors (Lipinski definition) is 1. The molecule has 0 fully saturated rings. The molecule has 0 bridgehead atoms. The van der Waals surface area contributed by atoms with Crippen molar-refractivity contribution in [3.63, 3.8) is 0 Å². The van der Waals surface area contributed by atoms with Gasteiger partial charge in [-0.3, -0.25) is 9.78 Å². The van der Waals surface area contributed by atoms with Crippen LogP contribution in [0.4, 0.5) is 10.1 Å². The summed E-state index contributed by atoms with van der Waals surface area (Å²) in [6.45, 7) is 2.38. The Bertz CT molecular complexity index is 1010. The number of benzene rings is 2. The van der Waals surface area contributed by atoms with Crippen molar-refractivity contribution >= 4 is 27.5 Å². The Morgan fingerprint density at radius 1 is 1.19 bits per heavy atom. The van der Waals surface area contributed by atoms with E-state index in [2.05, 4.69) is 26.2 Å². The standard InChI is InChI=1S/C21H17BrFN3O/c1-13-4-9-18(17(22)11-13)25-20-19-16(3-2-10-24-19)21(27)26(20)12-14-5-7-15(23)8-6-14/h2-11,20,25H,12H2,1H3/t20-/m0/s1. The molecule has 1 atom stereocenters. The topological polar surface area (TPSA) is 45.2 Å². The zero-order chi connectivity index (χ0) is 19.0. The maximum atomic E-state index is 13.2. The maximum absolute atomic E-state index is 13.2. The number of aryl methyl sites for hydroxylation is 1. The molecular weight excluding hydrogens is 409 g/mol. The Hall–Kier alpha value is -2.73. The average Bonchev–Trinajstić information content (AvgIpc) is 2.92. The quantitative estimate of drug-likeness (QED) is 0.635. The fraction of sp³-hybridized carbons (Fsp3) is 0.143. The highest BCUT2D eigenvalue weighted by Gasteiger charge is 2.38. The number of nitrogens with zero attached hydrogens (tertiary/aromatic N) is 2. The van der Waals surface area contributed by atoms with E-state index in [4.69, 9.17) is 0 Å². The van der Waals surface area contributed by atoms with Crippen molar-refractivity contribution in [2.75, 3.05) is 5.32 Å². The van der Waals surface area contributed by atoms with Crippen LogP contribution in [0.2, 0.25) is 0 Å². The highest BCUT2D eigenvalue weighted by Crippen LogP contribution is 2.36. The monoisotopic (exact) mass is 425 g/mol. The minimum absolute atomic E-state index is 0.0943. The van der Waals surface area contributed by atoms with Gasteiger partial charge in [0.25, 0.3) is 5.91 Å². The molecule has 0 saturated heterocycles. The Kier molecular flexibility index (Phi) is 4.66. The van der Waals surface area contributed by atoms with Gasteiger partial charge in [-0.2, -0.15) is 0 Å². The summed E-state index contributed by atoms with van der Waals surface area (Å²) in [7, 11) is 0. The maximum Gasteiger partial charge on any atom is 0.258 e. The van der Waals surface area contributed by atoms with Crippen LogP contribution in [0.5, 0.6) is 0 Å². The molecule has 3 aromatic rings. The molecule has 0 aliphatic carbocycles. The Morgan fingerprint density at radius 3 is 2.70 bits per heavy atom. The second-order valence-corrected chi connectivity index (χ2v) is 7.38. The van der Waals surface area contributed by atoms with Crippen LogP contribution in [0.25, 0.3) is 0 Å². The van der Waals surface area contributed by atoms with E-state index in [0.717, 1.165) is 21.3 Å². The number of fused-ring (bicyclic) bond motifs is 1. The summed E-state index contributed by atoms with van der Waals surface area (Å²) < 4.78 is 14.1. The van der Waals surface area contributed by atoms with E-state index >= 15 is 0 Å². The van der Waals surface area contributed by atoms with Gasteiger partial charge in [-0.05, 0) is 70.4 Å². The molecule has 0 saturated carbocycles. The molecule has 4 nitrogen and oxygen atoms in total. The van der Waals surface area contributed by atoms with Crippen molar-refractivity contribution in [3.8, 4) is 0 Å². The van der Waals surface area contributed by atoms with Crippen LogP contribution in [-0.4, -0.2) is 15.8 Å². The van der Waals surface area contributed by atoms with Gasteiger partial charge in [-0.1, -0.05) is 18.2 Å². The van der Waals surface area contributed by atoms with Crippen LogP contribution in [0, 0.1) is 12.7 Å². The second-order valence-electron chi connectivity index (χ2n) is 6.53. The Labute approximate surface area is 165 Å². The molecular formula is C21H17BrFN3O. The van der Waals surface area contributed by atoms with E-state index < -0.39 is 6.17 Å². The average molecular weight is 426 g/mol. The molecule has 6 heteroatoms. The van der Waals surface area contributed by atoms with Crippen LogP contribution in [0.3, 0.4) is 0 Å². The molecule has 27 heavy (non-hydrogen) atoms. The van der Waals surface area contributed by atoms with Crippen molar-refractivity contribution < 1.29 is 9.18 Å². The number of pyridine rings is 1. The van der Waals surface area contributed by atoms with Crippen LogP contribution in [0.1, 0.15) is 33.3 Å². The molecule has 2 aromatic carbocycles. The largest absolute Gasteiger partial charge is 0.359 e. The Balaban J connectivity index is 1.70. The van der Waals surface area contributed by atoms with Crippen molar-refractivity contribution in [1.29, 1.82) is 0 Å². The van der Waals surface area contributed by atoms with E-state index in [-0.39, 0.29) is 11.7 Å². The summed E-state index contributed by atoms with van der Waals surface area (Å²) >= 11 is 3.58. The highest BCUT2D eigenvalue weighted by atomic mass is 79.9. The molecule has 1 aliphatic heterocycles. The zero-order valence-corrected chi connectivity index (χ0v) is 16.2. The van der Waals surface area contributed by atoms with Gasteiger partial charge in [0.2, 0.25) is 0 Å². The number of aromatic nitrogens is 1. The van der Waals surface area contributed by atoms with E-state index in [1.807, 2.05) is 25.1 Å². The normalized spacial score (nSPS) is 15.7. The number of anilines is 1. The summed E-state index contributed by atoms with van der Waals surface area (Å²) in [5.74, 6) is -0.391. The first-order valence-electron chi connectivity index (χ1n) is 8.56. The number of carbonyl (C=O) groups is 1. The molecule has 136 valence electrons. The number of hydrogen-bond acceptors (Lipinski definition) is 3. The summed E-state index contributed by atoms with van der Waals surface area (Å²) in [6, 6.07) is 15.7. The third kappa shape index (κ3) is 3.45. The molecule has 1 N–H and O–H groups in total. The molecule has 0 spiro atoms. The minimum atomic E-state index is -0.405. The van der Waals surface area contributed by atoms with Gasteiger partial charge in [0.15, 0.2) is 0 Å². The number of halogens is 2. The third-order valence-electron chi connectivity index (χ3n) is 4.58. The van der Waals surface area contributed by atoms with Crippen molar-refractivity contribution in [3.05, 3.63) is 93.5 Å². The number of rotatable bonds is 4. The van der Waals surface area contributed by atoms with E-state index in [1.165, 1.54) is 12.1 Å². The van der Waals surface area contributed by atoms with Gasteiger partial charge in [0.05, 0.1) is 16.9 Å². The molecule has 0 radical (unpaired) electrons. The molecule has 4 rings (SSSR count). The van der Waals surface area contributed by atoms with Crippen LogP contribution in [-0.2, 0) is 6.54 Å². The fourth-order valence-corrected chi connectivity index (χ4v) is 3.82. The Morgan fingerprint density at radius 2 is 1.96 bits per heavy atom. The summed E-state index contributed by atoms with van der Waals surface area (Å²) in [6.07, 6.45) is 1.28. The van der Waals surface area contributed by atoms with Crippen molar-refractivity contribution in [2.24, 2.45) is 0 Å². The van der Waals surface area contributed by atoms with Crippen molar-refractivity contribution in [1.82, 2.24) is 9.88 Å². The first-order chi connectivity index (χ1) is 13.0. The predicted molar refractivity (Wildman–Crippen MR) is 106 cm³/mol. The highest BCUT2D eigenvalue weighted by molar-refractivity contribution is 9.10. The van der Waals surface area contributed by atoms with Crippen LogP contribution in [0.15, 0.2) is 65.3 Å². The van der Waals surface area contributed by atoms with Gasteiger partial charge < -0.3 is 10.2 Å². The van der Waals surface area contributed by atoms with Gasteiger partial charge in [0, 0.05) is 17.2 Å². The lowest BCUT2D eigenvalue weighted by Crippen LogP contribution is -2.32. The fourth-order valence-electron chi connectivity index (χ4n) is 3.22. The molecule has 1 aliphatic rings. The van der Waals surface area contributed by atoms with Crippen LogP contribution < -0.4 is 5.32 Å². The summed E-state index contributed by atoms with van der Waals surface area (Å²) in [5.41, 5.74) is 4.14. The SMILES string of the molecule is Cc1ccc(N[C@@H]2c3ncccc3C(=O)N2Cc2ccc(F)cc2)c(Br)c1. The first-order valence-corrected chi connectivity index (χ1v) is 9.35. The van der Waals surface area contributed by atoms with E-state index in [0.29, 0.717) is 17.8 Å². The van der Waals surface area contributed by atoms with Gasteiger partial charge in [-0.25, -0.2) is 4.39 Å². The minimum Gasteiger partial charge on any atom is -0.359 e. The predicted octanol–water partition coefficient (Wildman–Crippen LogP) is 5.06. The number of carbonyl (C=O) groups excluding carboxylic acids is 1. The van der Waals surface area contributed by atoms with Gasteiger partial charge in [0.1, 0.15) is 12.0 Å². The molecule has 1 amide bonds. The van der Waals surface area contributed by atoms with Crippen molar-refractivity contribution in [2.45, 2.75) is 19.6 Å². The summed E-state index contributed by atoms with van der Waals surface area (Å²) in [5, 5.41) is 3.43. The number of nitrogens with one attached hydrogen (secondary N) is 1. The second kappa shape index (κ2) is 7.12. The van der Waals surface area contributed by atoms with E-state index in [1.54, 1.807) is 35.4 Å². The molecule has 1 aromatic heterocycles. The smallest absolute Gasteiger partial charge is 0.258 e. The summed E-state index contributed by atoms with van der Waals surface area (Å²) in [4.78, 5) is 19.1. The zero-order valence-electron chi connectivity index (χ0n) is 14.6. The van der Waals surface area contributed by atoms with Gasteiger partial charge >= 0.3 is 0 Å².